The number of rotatable bonds is 9. The summed E-state index contributed by atoms with van der Waals surface area (Å²) in [6, 6.07) is -1.11. The Hall–Kier alpha value is -2.59. The normalized spacial score (nSPS) is 30.5. The summed E-state index contributed by atoms with van der Waals surface area (Å²) in [5.74, 6) is 1.62. The number of carboxylic acids is 1. The quantitative estimate of drug-likeness (QED) is 0.135. The van der Waals surface area contributed by atoms with Crippen molar-refractivity contribution >= 4 is 18.0 Å². The lowest BCUT2D eigenvalue weighted by molar-refractivity contribution is -0.525. The molecule has 11 nitrogen and oxygen atoms in total. The van der Waals surface area contributed by atoms with Gasteiger partial charge in [0.05, 0.1) is 6.61 Å². The van der Waals surface area contributed by atoms with Crippen molar-refractivity contribution in [1.82, 2.24) is 10.7 Å². The van der Waals surface area contributed by atoms with E-state index >= 15 is 0 Å². The molecule has 3 rings (SSSR count). The van der Waals surface area contributed by atoms with Crippen molar-refractivity contribution in [3.05, 3.63) is 10.1 Å². The maximum absolute atomic E-state index is 12.4. The van der Waals surface area contributed by atoms with Crippen molar-refractivity contribution in [2.45, 2.75) is 70.3 Å². The molecule has 3 fully saturated rings. The molecule has 3 aliphatic carbocycles. The molecule has 5 N–H and O–H groups in total. The van der Waals surface area contributed by atoms with Gasteiger partial charge in [0.15, 0.2) is 5.03 Å². The second-order valence-electron chi connectivity index (χ2n) is 9.30. The zero-order valence-corrected chi connectivity index (χ0v) is 18.4. The Kier molecular flexibility index (Phi) is 8.52. The molecule has 11 heteroatoms. The van der Waals surface area contributed by atoms with E-state index in [4.69, 9.17) is 10.5 Å². The first kappa shape index (κ1) is 24.1. The number of carbonyl (C=O) groups is 2. The summed E-state index contributed by atoms with van der Waals surface area (Å²) in [6.07, 6.45) is 9.78. The number of alkyl carbamates (subject to hydrolysis) is 1. The van der Waals surface area contributed by atoms with Gasteiger partial charge in [-0.2, -0.15) is 0 Å². The van der Waals surface area contributed by atoms with Gasteiger partial charge in [0.25, 0.3) is 5.96 Å². The molecule has 180 valence electrons. The minimum Gasteiger partial charge on any atom is -0.480 e. The van der Waals surface area contributed by atoms with Crippen LogP contribution in [0.3, 0.4) is 0 Å². The number of aliphatic imine (C=N–C) groups is 1. The molecule has 0 radical (unpaired) electrons. The molecular weight excluding hydrogens is 418 g/mol. The van der Waals surface area contributed by atoms with Crippen LogP contribution in [0.15, 0.2) is 4.99 Å². The van der Waals surface area contributed by atoms with Gasteiger partial charge in [0.1, 0.15) is 6.04 Å². The zero-order valence-electron chi connectivity index (χ0n) is 18.4. The number of aliphatic carboxylic acids is 1. The highest BCUT2D eigenvalue weighted by Crippen LogP contribution is 2.57. The highest BCUT2D eigenvalue weighted by molar-refractivity contribution is 5.79. The molecule has 0 aromatic carbocycles. The lowest BCUT2D eigenvalue weighted by Crippen LogP contribution is -2.42. The Balaban J connectivity index is 1.46. The standard InChI is InChI=1S/C21H35N5O6/c22-20(25-26(30)31)23-11-5-10-18(19(27)28)24-21(29)32-12-17-15-8-3-1-6-13(15)14-7-2-4-9-16(14)17/h13-18H,1-12H2,(H,24,29)(H,27,28)(H3,22,23,25). The fourth-order valence-electron chi connectivity index (χ4n) is 6.30. The molecule has 32 heavy (non-hydrogen) atoms. The van der Waals surface area contributed by atoms with E-state index in [1.807, 2.05) is 0 Å². The van der Waals surface area contributed by atoms with E-state index in [-0.39, 0.29) is 25.3 Å². The highest BCUT2D eigenvalue weighted by Gasteiger charge is 2.51. The molecule has 3 aliphatic rings. The maximum atomic E-state index is 12.4. The van der Waals surface area contributed by atoms with E-state index in [2.05, 4.69) is 10.3 Å². The summed E-state index contributed by atoms with van der Waals surface area (Å²) >= 11 is 0. The van der Waals surface area contributed by atoms with Crippen LogP contribution in [0.25, 0.3) is 0 Å². The number of fused-ring (bicyclic) bond motifs is 3. The van der Waals surface area contributed by atoms with E-state index in [1.54, 1.807) is 5.43 Å². The predicted octanol–water partition coefficient (Wildman–Crippen LogP) is 2.28. The van der Waals surface area contributed by atoms with Crippen LogP contribution in [-0.2, 0) is 9.53 Å². The third-order valence-electron chi connectivity index (χ3n) is 7.54. The number of carbonyl (C=O) groups excluding carboxylic acids is 1. The van der Waals surface area contributed by atoms with Crippen LogP contribution in [0.2, 0.25) is 0 Å². The van der Waals surface area contributed by atoms with Crippen LogP contribution in [0.4, 0.5) is 4.79 Å². The van der Waals surface area contributed by atoms with E-state index in [0.29, 0.717) is 24.4 Å². The van der Waals surface area contributed by atoms with Gasteiger partial charge < -0.3 is 20.9 Å². The number of ether oxygens (including phenoxy) is 1. The molecule has 0 aromatic rings. The SMILES string of the molecule is NC(=NCCCC(NC(=O)OCC1C2CCCCC2C2CCCCC21)C(=O)O)N[N+](=O)[O-]. The number of nitrogens with two attached hydrogens (primary N) is 1. The lowest BCUT2D eigenvalue weighted by Gasteiger charge is -2.32. The van der Waals surface area contributed by atoms with Gasteiger partial charge in [-0.1, -0.05) is 31.1 Å². The van der Waals surface area contributed by atoms with Gasteiger partial charge in [-0.3, -0.25) is 0 Å². The third kappa shape index (κ3) is 6.23. The monoisotopic (exact) mass is 453 g/mol. The highest BCUT2D eigenvalue weighted by atomic mass is 16.7. The van der Waals surface area contributed by atoms with Crippen molar-refractivity contribution in [3.63, 3.8) is 0 Å². The number of carboxylic acid groups (broad SMARTS) is 1. The third-order valence-corrected chi connectivity index (χ3v) is 7.54. The summed E-state index contributed by atoms with van der Waals surface area (Å²) in [5, 5.41) is 21.3. The molecule has 0 bridgehead atoms. The number of amides is 1. The molecule has 0 aliphatic heterocycles. The van der Waals surface area contributed by atoms with Crippen LogP contribution in [0.5, 0.6) is 0 Å². The Morgan fingerprint density at radius 2 is 1.66 bits per heavy atom. The van der Waals surface area contributed by atoms with Crippen molar-refractivity contribution < 1.29 is 24.5 Å². The Morgan fingerprint density at radius 1 is 1.09 bits per heavy atom. The van der Waals surface area contributed by atoms with Gasteiger partial charge in [0, 0.05) is 6.54 Å². The number of nitro groups is 1. The molecule has 5 unspecified atom stereocenters. The van der Waals surface area contributed by atoms with Crippen molar-refractivity contribution in [2.75, 3.05) is 13.2 Å². The van der Waals surface area contributed by atoms with Gasteiger partial charge >= 0.3 is 12.1 Å². The van der Waals surface area contributed by atoms with Crippen LogP contribution < -0.4 is 16.5 Å². The van der Waals surface area contributed by atoms with Crippen molar-refractivity contribution in [1.29, 1.82) is 0 Å². The minimum atomic E-state index is -1.16. The van der Waals surface area contributed by atoms with Gasteiger partial charge in [-0.05, 0) is 68.1 Å². The first-order valence-corrected chi connectivity index (χ1v) is 11.7. The predicted molar refractivity (Wildman–Crippen MR) is 116 cm³/mol. The molecule has 1 amide bonds. The second-order valence-corrected chi connectivity index (χ2v) is 9.30. The zero-order chi connectivity index (χ0) is 23.1. The number of hydrogen-bond acceptors (Lipinski definition) is 6. The summed E-state index contributed by atoms with van der Waals surface area (Å²) in [5.41, 5.74) is 7.03. The number of hydrazine groups is 1. The summed E-state index contributed by atoms with van der Waals surface area (Å²) in [4.78, 5) is 37.9. The van der Waals surface area contributed by atoms with Gasteiger partial charge in [-0.15, -0.1) is 0 Å². The largest absolute Gasteiger partial charge is 0.480 e. The average molecular weight is 454 g/mol. The van der Waals surface area contributed by atoms with Crippen LogP contribution in [0.1, 0.15) is 64.2 Å². The first-order chi connectivity index (χ1) is 15.4. The second kappa shape index (κ2) is 11.3. The minimum absolute atomic E-state index is 0.0986. The molecular formula is C21H35N5O6. The topological polar surface area (TPSA) is 169 Å². The van der Waals surface area contributed by atoms with Crippen LogP contribution in [-0.4, -0.2) is 47.4 Å². The van der Waals surface area contributed by atoms with Crippen molar-refractivity contribution in [2.24, 2.45) is 40.3 Å². The number of nitrogens with zero attached hydrogens (tertiary/aromatic N) is 2. The van der Waals surface area contributed by atoms with Gasteiger partial charge in [0.2, 0.25) is 0 Å². The molecule has 0 heterocycles. The maximum Gasteiger partial charge on any atom is 0.407 e. The van der Waals surface area contributed by atoms with E-state index in [0.717, 1.165) is 11.8 Å². The molecule has 0 saturated heterocycles. The molecule has 0 spiro atoms. The fraction of sp³-hybridized carbons (Fsp3) is 0.857. The number of hydrogen-bond donors (Lipinski definition) is 4. The summed E-state index contributed by atoms with van der Waals surface area (Å²) < 4.78 is 5.55. The smallest absolute Gasteiger partial charge is 0.407 e. The summed E-state index contributed by atoms with van der Waals surface area (Å²) in [7, 11) is 0. The summed E-state index contributed by atoms with van der Waals surface area (Å²) in [6.45, 7) is 0.454. The van der Waals surface area contributed by atoms with E-state index in [9.17, 15) is 24.8 Å². The van der Waals surface area contributed by atoms with Gasteiger partial charge in [-0.25, -0.2) is 24.7 Å². The van der Waals surface area contributed by atoms with E-state index < -0.39 is 23.1 Å². The Morgan fingerprint density at radius 3 is 2.19 bits per heavy atom. The molecule has 0 aromatic heterocycles. The molecule has 3 saturated carbocycles. The molecule has 5 atom stereocenters. The van der Waals surface area contributed by atoms with Crippen molar-refractivity contribution in [3.8, 4) is 0 Å². The van der Waals surface area contributed by atoms with Crippen LogP contribution >= 0.6 is 0 Å². The van der Waals surface area contributed by atoms with E-state index in [1.165, 1.54) is 51.4 Å². The number of nitrogens with one attached hydrogen (secondary N) is 2. The average Bonchev–Trinajstić information content (AvgIpc) is 3.07. The fourth-order valence-corrected chi connectivity index (χ4v) is 6.30. The Labute approximate surface area is 187 Å². The number of guanidine groups is 1. The Bertz CT molecular complexity index is 695. The lowest BCUT2D eigenvalue weighted by atomic mass is 9.73. The first-order valence-electron chi connectivity index (χ1n) is 11.7. The van der Waals surface area contributed by atoms with Crippen LogP contribution in [0, 0.1) is 39.7 Å².